The number of rotatable bonds is 3. The molecule has 0 radical (unpaired) electrons. The minimum atomic E-state index is -1.80. The van der Waals surface area contributed by atoms with Gasteiger partial charge < -0.3 is 14.7 Å². The van der Waals surface area contributed by atoms with Crippen molar-refractivity contribution in [3.8, 4) is 0 Å². The Morgan fingerprint density at radius 2 is 1.71 bits per heavy atom. The summed E-state index contributed by atoms with van der Waals surface area (Å²) in [5.41, 5.74) is 2.71. The Labute approximate surface area is 166 Å². The van der Waals surface area contributed by atoms with Crippen molar-refractivity contribution in [1.82, 2.24) is 0 Å². The molecule has 1 heterocycles. The van der Waals surface area contributed by atoms with Gasteiger partial charge in [-0.15, -0.1) is 0 Å². The zero-order valence-electron chi connectivity index (χ0n) is 17.0. The zero-order valence-corrected chi connectivity index (χ0v) is 17.0. The number of benzene rings is 2. The molecule has 0 bridgehead atoms. The quantitative estimate of drug-likeness (QED) is 0.810. The van der Waals surface area contributed by atoms with Crippen LogP contribution in [0.3, 0.4) is 0 Å². The van der Waals surface area contributed by atoms with E-state index < -0.39 is 29.2 Å². The highest BCUT2D eigenvalue weighted by molar-refractivity contribution is 6.07. The number of hydrogen-bond acceptors (Lipinski definition) is 5. The zero-order chi connectivity index (χ0) is 20.5. The van der Waals surface area contributed by atoms with E-state index in [0.29, 0.717) is 5.71 Å². The van der Waals surface area contributed by atoms with Crippen molar-refractivity contribution in [2.45, 2.75) is 51.9 Å². The van der Waals surface area contributed by atoms with Crippen LogP contribution in [0, 0.1) is 12.8 Å². The maximum atomic E-state index is 13.1. The second-order valence-electron chi connectivity index (χ2n) is 8.39. The first-order chi connectivity index (χ1) is 13.1. The van der Waals surface area contributed by atoms with Gasteiger partial charge in [0.2, 0.25) is 5.79 Å². The molecule has 2 aromatic rings. The first-order valence-electron chi connectivity index (χ1n) is 9.42. The molecule has 0 fully saturated rings. The molecule has 1 N–H and O–H groups in total. The molecule has 0 aromatic heterocycles. The molecule has 0 amide bonds. The first kappa shape index (κ1) is 20.1. The number of aryl methyl sites for hydroxylation is 1. The molecule has 28 heavy (non-hydrogen) atoms. The molecule has 148 valence electrons. The van der Waals surface area contributed by atoms with Crippen molar-refractivity contribution in [3.63, 3.8) is 0 Å². The third-order valence-corrected chi connectivity index (χ3v) is 4.70. The average molecular weight is 381 g/mol. The highest BCUT2D eigenvalue weighted by atomic mass is 16.7. The third-order valence-electron chi connectivity index (χ3n) is 4.70. The largest absolute Gasteiger partial charge is 0.460 e. The first-order valence-corrected chi connectivity index (χ1v) is 9.42. The molecule has 0 saturated heterocycles. The van der Waals surface area contributed by atoms with Gasteiger partial charge in [0.15, 0.2) is 0 Å². The van der Waals surface area contributed by atoms with Gasteiger partial charge in [0.05, 0.1) is 11.6 Å². The van der Waals surface area contributed by atoms with Gasteiger partial charge in [-0.2, -0.15) is 0 Å². The number of aliphatic hydroxyl groups is 1. The van der Waals surface area contributed by atoms with Crippen LogP contribution in [0.2, 0.25) is 0 Å². The van der Waals surface area contributed by atoms with Gasteiger partial charge >= 0.3 is 5.97 Å². The molecule has 0 saturated carbocycles. The Kier molecular flexibility index (Phi) is 5.31. The number of carbonyl (C=O) groups is 1. The minimum absolute atomic E-state index is 0.512. The lowest BCUT2D eigenvalue weighted by atomic mass is 9.75. The summed E-state index contributed by atoms with van der Waals surface area (Å²) in [6, 6.07) is 17.4. The lowest BCUT2D eigenvalue weighted by Gasteiger charge is -2.40. The van der Waals surface area contributed by atoms with E-state index in [2.05, 4.69) is 5.16 Å². The number of esters is 1. The number of oxime groups is 1. The topological polar surface area (TPSA) is 68.1 Å². The maximum absolute atomic E-state index is 13.1. The van der Waals surface area contributed by atoms with Gasteiger partial charge in [0, 0.05) is 6.92 Å². The van der Waals surface area contributed by atoms with E-state index in [9.17, 15) is 9.90 Å². The molecule has 0 aliphatic carbocycles. The predicted octanol–water partition coefficient (Wildman–Crippen LogP) is 4.18. The van der Waals surface area contributed by atoms with Gasteiger partial charge in [0.1, 0.15) is 11.5 Å². The van der Waals surface area contributed by atoms with Crippen LogP contribution in [0.15, 0.2) is 59.8 Å². The average Bonchev–Trinajstić information content (AvgIpc) is 2.60. The molecule has 1 aliphatic rings. The van der Waals surface area contributed by atoms with Crippen LogP contribution in [0.1, 0.15) is 50.3 Å². The molecule has 3 unspecified atom stereocenters. The number of ether oxygens (including phenoxy) is 1. The Balaban J connectivity index is 2.14. The van der Waals surface area contributed by atoms with Crippen molar-refractivity contribution >= 4 is 11.7 Å². The molecule has 2 aromatic carbocycles. The van der Waals surface area contributed by atoms with Gasteiger partial charge in [-0.1, -0.05) is 65.3 Å². The van der Waals surface area contributed by atoms with E-state index in [-0.39, 0.29) is 0 Å². The normalized spacial score (nSPS) is 24.9. The van der Waals surface area contributed by atoms with Crippen LogP contribution in [-0.2, 0) is 14.4 Å². The predicted molar refractivity (Wildman–Crippen MR) is 108 cm³/mol. The SMILES string of the molecule is Cc1ccc(C2C(c3ccccc3)=NOC(C)(O)C2C(=O)OC(C)(C)C)cc1. The molecule has 5 nitrogen and oxygen atoms in total. The van der Waals surface area contributed by atoms with Crippen LogP contribution >= 0.6 is 0 Å². The van der Waals surface area contributed by atoms with Gasteiger partial charge in [0.25, 0.3) is 0 Å². The van der Waals surface area contributed by atoms with Crippen LogP contribution in [0.4, 0.5) is 0 Å². The summed E-state index contributed by atoms with van der Waals surface area (Å²) in [6.45, 7) is 8.86. The third kappa shape index (κ3) is 4.25. The van der Waals surface area contributed by atoms with Crippen LogP contribution in [0.25, 0.3) is 0 Å². The fraction of sp³-hybridized carbons (Fsp3) is 0.391. The Morgan fingerprint density at radius 1 is 1.11 bits per heavy atom. The number of carbonyl (C=O) groups excluding carboxylic acids is 1. The highest BCUT2D eigenvalue weighted by Gasteiger charge is 2.52. The van der Waals surface area contributed by atoms with Crippen molar-refractivity contribution < 1.29 is 19.5 Å². The van der Waals surface area contributed by atoms with Crippen LogP contribution in [-0.4, -0.2) is 28.2 Å². The molecular formula is C23H27NO4. The summed E-state index contributed by atoms with van der Waals surface area (Å²) in [6.07, 6.45) is 0. The molecule has 3 rings (SSSR count). The summed E-state index contributed by atoms with van der Waals surface area (Å²) in [7, 11) is 0. The standard InChI is InChI=1S/C23H27NO4/c1-15-11-13-16(14-12-15)18-19(21(25)27-22(2,3)4)23(5,26)28-24-20(18)17-9-7-6-8-10-17/h6-14,18-19,26H,1-5H3. The van der Waals surface area contributed by atoms with Crippen LogP contribution in [0.5, 0.6) is 0 Å². The molecule has 0 spiro atoms. The van der Waals surface area contributed by atoms with Crippen LogP contribution < -0.4 is 0 Å². The molecular weight excluding hydrogens is 354 g/mol. The Bertz CT molecular complexity index is 864. The summed E-state index contributed by atoms with van der Waals surface area (Å²) >= 11 is 0. The van der Waals surface area contributed by atoms with E-state index in [1.807, 2.05) is 61.5 Å². The number of hydrogen-bond donors (Lipinski definition) is 1. The van der Waals surface area contributed by atoms with E-state index in [0.717, 1.165) is 16.7 Å². The van der Waals surface area contributed by atoms with E-state index in [4.69, 9.17) is 9.57 Å². The van der Waals surface area contributed by atoms with E-state index in [1.54, 1.807) is 20.8 Å². The Morgan fingerprint density at radius 3 is 2.29 bits per heavy atom. The minimum Gasteiger partial charge on any atom is -0.460 e. The molecule has 1 aliphatic heterocycles. The molecule has 5 heteroatoms. The van der Waals surface area contributed by atoms with Crippen molar-refractivity contribution in [1.29, 1.82) is 0 Å². The Hall–Kier alpha value is -2.66. The van der Waals surface area contributed by atoms with Crippen molar-refractivity contribution in [2.24, 2.45) is 11.1 Å². The maximum Gasteiger partial charge on any atom is 0.317 e. The second kappa shape index (κ2) is 7.40. The van der Waals surface area contributed by atoms with Gasteiger partial charge in [-0.3, -0.25) is 4.79 Å². The molecule has 3 atom stereocenters. The van der Waals surface area contributed by atoms with Gasteiger partial charge in [-0.25, -0.2) is 0 Å². The lowest BCUT2D eigenvalue weighted by Crippen LogP contribution is -2.51. The van der Waals surface area contributed by atoms with Crippen molar-refractivity contribution in [3.05, 3.63) is 71.3 Å². The second-order valence-corrected chi connectivity index (χ2v) is 8.39. The van der Waals surface area contributed by atoms with E-state index in [1.165, 1.54) is 6.92 Å². The van der Waals surface area contributed by atoms with Crippen molar-refractivity contribution in [2.75, 3.05) is 0 Å². The fourth-order valence-electron chi connectivity index (χ4n) is 3.41. The lowest BCUT2D eigenvalue weighted by molar-refractivity contribution is -0.242. The summed E-state index contributed by atoms with van der Waals surface area (Å²) < 4.78 is 5.64. The highest BCUT2D eigenvalue weighted by Crippen LogP contribution is 2.41. The smallest absolute Gasteiger partial charge is 0.317 e. The van der Waals surface area contributed by atoms with E-state index >= 15 is 0 Å². The fourth-order valence-corrected chi connectivity index (χ4v) is 3.41. The summed E-state index contributed by atoms with van der Waals surface area (Å²) in [5, 5.41) is 15.1. The number of nitrogens with zero attached hydrogens (tertiary/aromatic N) is 1. The van der Waals surface area contributed by atoms with Gasteiger partial charge in [-0.05, 0) is 38.8 Å². The monoisotopic (exact) mass is 381 g/mol. The summed E-state index contributed by atoms with van der Waals surface area (Å²) in [5.74, 6) is -3.80. The summed E-state index contributed by atoms with van der Waals surface area (Å²) in [4.78, 5) is 18.5.